The molecule has 1 N–H and O–H groups in total. The van der Waals surface area contributed by atoms with E-state index >= 15 is 0 Å². The molecule has 1 aromatic rings. The third-order valence-corrected chi connectivity index (χ3v) is 6.60. The molecular weight excluding hydrogens is 378 g/mol. The van der Waals surface area contributed by atoms with Crippen molar-refractivity contribution in [2.24, 2.45) is 0 Å². The Balaban J connectivity index is 2.20. The number of benzene rings is 1. The molecule has 0 radical (unpaired) electrons. The molecule has 0 bridgehead atoms. The maximum atomic E-state index is 12.3. The van der Waals surface area contributed by atoms with Gasteiger partial charge in [0.05, 0.1) is 4.92 Å². The minimum atomic E-state index is -0.972. The van der Waals surface area contributed by atoms with Gasteiger partial charge in [-0.25, -0.2) is 4.79 Å². The molecule has 0 saturated carbocycles. The summed E-state index contributed by atoms with van der Waals surface area (Å²) in [5.41, 5.74) is 5.58. The molecule has 160 valence electrons. The summed E-state index contributed by atoms with van der Waals surface area (Å²) in [4.78, 5) is 22.9. The van der Waals surface area contributed by atoms with Crippen molar-refractivity contribution in [1.29, 1.82) is 0 Å². The van der Waals surface area contributed by atoms with Gasteiger partial charge in [-0.3, -0.25) is 10.1 Å². The molecule has 0 heterocycles. The first-order valence-electron chi connectivity index (χ1n) is 10.6. The molecule has 30 heavy (non-hydrogen) atoms. The van der Waals surface area contributed by atoms with Crippen LogP contribution in [0, 0.1) is 10.1 Å². The van der Waals surface area contributed by atoms with Crippen molar-refractivity contribution < 1.29 is 14.8 Å². The van der Waals surface area contributed by atoms with E-state index in [1.807, 2.05) is 12.2 Å². The summed E-state index contributed by atoms with van der Waals surface area (Å²) in [6.07, 6.45) is 11.1. The normalized spacial score (nSPS) is 21.4. The first-order chi connectivity index (χ1) is 13.9. The molecule has 0 aromatic heterocycles. The highest BCUT2D eigenvalue weighted by molar-refractivity contribution is 5.81. The number of fused-ring (bicyclic) bond motifs is 2. The lowest BCUT2D eigenvalue weighted by atomic mass is 9.61. The van der Waals surface area contributed by atoms with Crippen LogP contribution in [0.1, 0.15) is 82.6 Å². The van der Waals surface area contributed by atoms with Gasteiger partial charge >= 0.3 is 5.97 Å². The molecule has 3 rings (SSSR count). The fourth-order valence-electron chi connectivity index (χ4n) is 4.88. The molecule has 0 spiro atoms. The average Bonchev–Trinajstić information content (AvgIpc) is 2.63. The van der Waals surface area contributed by atoms with Crippen LogP contribution in [0.2, 0.25) is 0 Å². The zero-order chi connectivity index (χ0) is 22.3. The van der Waals surface area contributed by atoms with E-state index in [0.717, 1.165) is 59.6 Å². The van der Waals surface area contributed by atoms with Crippen LogP contribution in [0.3, 0.4) is 0 Å². The number of carbonyl (C=O) groups is 1. The highest BCUT2D eigenvalue weighted by Crippen LogP contribution is 2.52. The Morgan fingerprint density at radius 1 is 1.17 bits per heavy atom. The van der Waals surface area contributed by atoms with E-state index in [1.54, 1.807) is 13.0 Å². The zero-order valence-electron chi connectivity index (χ0n) is 18.5. The summed E-state index contributed by atoms with van der Waals surface area (Å²) >= 11 is 0. The monoisotopic (exact) mass is 409 g/mol. The molecule has 0 amide bonds. The van der Waals surface area contributed by atoms with Gasteiger partial charge in [0.1, 0.15) is 0 Å². The van der Waals surface area contributed by atoms with E-state index in [9.17, 15) is 14.9 Å². The van der Waals surface area contributed by atoms with Crippen LogP contribution in [0.5, 0.6) is 0 Å². The second-order valence-electron chi connectivity index (χ2n) is 9.83. The molecule has 5 nitrogen and oxygen atoms in total. The van der Waals surface area contributed by atoms with Crippen LogP contribution in [0.4, 0.5) is 5.69 Å². The quantitative estimate of drug-likeness (QED) is 0.276. The van der Waals surface area contributed by atoms with Gasteiger partial charge in [0.2, 0.25) is 0 Å². The van der Waals surface area contributed by atoms with E-state index in [0.29, 0.717) is 17.7 Å². The molecule has 0 unspecified atom stereocenters. The molecule has 0 aliphatic heterocycles. The Bertz CT molecular complexity index is 993. The van der Waals surface area contributed by atoms with E-state index in [2.05, 4.69) is 33.8 Å². The summed E-state index contributed by atoms with van der Waals surface area (Å²) in [7, 11) is 0. The summed E-state index contributed by atoms with van der Waals surface area (Å²) in [6, 6.07) is 2.21. The van der Waals surface area contributed by atoms with Crippen molar-refractivity contribution in [1.82, 2.24) is 0 Å². The topological polar surface area (TPSA) is 80.4 Å². The number of nitrogens with zero attached hydrogens (tertiary/aromatic N) is 1. The van der Waals surface area contributed by atoms with Crippen LogP contribution in [-0.4, -0.2) is 16.0 Å². The fourth-order valence-corrected chi connectivity index (χ4v) is 4.88. The Morgan fingerprint density at radius 3 is 2.47 bits per heavy atom. The van der Waals surface area contributed by atoms with Crippen LogP contribution in [-0.2, 0) is 22.0 Å². The molecule has 0 fully saturated rings. The molecular formula is C25H31NO4. The number of hydrogen-bond acceptors (Lipinski definition) is 3. The maximum absolute atomic E-state index is 12.3. The molecule has 0 atom stereocenters. The Morgan fingerprint density at radius 2 is 1.83 bits per heavy atom. The number of aliphatic carboxylic acids is 1. The van der Waals surface area contributed by atoms with Crippen molar-refractivity contribution in [3.63, 3.8) is 0 Å². The molecule has 5 heteroatoms. The van der Waals surface area contributed by atoms with Crippen molar-refractivity contribution in [2.45, 2.75) is 77.6 Å². The Hall–Kier alpha value is -2.69. The van der Waals surface area contributed by atoms with Gasteiger partial charge in [0.15, 0.2) is 0 Å². The van der Waals surface area contributed by atoms with Gasteiger partial charge in [-0.1, -0.05) is 45.9 Å². The smallest absolute Gasteiger partial charge is 0.328 e. The SMILES string of the molecule is C/C(C=CC=C1CCCc2c1cc1c(c2[N+](=O)[O-])C(C)(C)CCC1(C)C)=C/C(=O)O. The van der Waals surface area contributed by atoms with Gasteiger partial charge in [0.25, 0.3) is 5.69 Å². The second kappa shape index (κ2) is 7.86. The van der Waals surface area contributed by atoms with Crippen LogP contribution < -0.4 is 0 Å². The number of hydrogen-bond donors (Lipinski definition) is 1. The van der Waals surface area contributed by atoms with E-state index < -0.39 is 5.97 Å². The van der Waals surface area contributed by atoms with Crippen LogP contribution >= 0.6 is 0 Å². The second-order valence-corrected chi connectivity index (χ2v) is 9.83. The molecule has 0 saturated heterocycles. The van der Waals surface area contributed by atoms with Crippen LogP contribution in [0.15, 0.2) is 35.9 Å². The number of nitro benzene ring substituents is 1. The van der Waals surface area contributed by atoms with E-state index in [-0.39, 0.29) is 15.8 Å². The summed E-state index contributed by atoms with van der Waals surface area (Å²) in [6.45, 7) is 10.4. The minimum absolute atomic E-state index is 0.107. The first-order valence-corrected chi connectivity index (χ1v) is 10.6. The lowest BCUT2D eigenvalue weighted by Gasteiger charge is -2.42. The molecule has 2 aliphatic carbocycles. The predicted molar refractivity (Wildman–Crippen MR) is 120 cm³/mol. The number of carboxylic acids is 1. The Labute approximate surface area is 178 Å². The van der Waals surface area contributed by atoms with Crippen LogP contribution in [0.25, 0.3) is 5.57 Å². The lowest BCUT2D eigenvalue weighted by molar-refractivity contribution is -0.387. The highest BCUT2D eigenvalue weighted by Gasteiger charge is 2.44. The highest BCUT2D eigenvalue weighted by atomic mass is 16.6. The van der Waals surface area contributed by atoms with Gasteiger partial charge in [-0.05, 0) is 78.2 Å². The fraction of sp³-hybridized carbons (Fsp3) is 0.480. The number of nitro groups is 1. The largest absolute Gasteiger partial charge is 0.478 e. The third-order valence-electron chi connectivity index (χ3n) is 6.60. The van der Waals surface area contributed by atoms with E-state index in [4.69, 9.17) is 5.11 Å². The predicted octanol–water partition coefficient (Wildman–Crippen LogP) is 6.25. The summed E-state index contributed by atoms with van der Waals surface area (Å²) in [5, 5.41) is 21.1. The molecule has 2 aliphatic rings. The Kier molecular flexibility index (Phi) is 5.76. The first kappa shape index (κ1) is 22.0. The van der Waals surface area contributed by atoms with Crippen molar-refractivity contribution in [3.05, 3.63) is 68.3 Å². The zero-order valence-corrected chi connectivity index (χ0v) is 18.5. The summed E-state index contributed by atoms with van der Waals surface area (Å²) < 4.78 is 0. The van der Waals surface area contributed by atoms with E-state index in [1.165, 1.54) is 0 Å². The van der Waals surface area contributed by atoms with Crippen molar-refractivity contribution >= 4 is 17.2 Å². The minimum Gasteiger partial charge on any atom is -0.478 e. The van der Waals surface area contributed by atoms with Crippen molar-refractivity contribution in [2.75, 3.05) is 0 Å². The molecule has 1 aromatic carbocycles. The third kappa shape index (κ3) is 4.11. The van der Waals surface area contributed by atoms with Gasteiger partial charge < -0.3 is 5.11 Å². The van der Waals surface area contributed by atoms with Crippen molar-refractivity contribution in [3.8, 4) is 0 Å². The number of rotatable bonds is 4. The van der Waals surface area contributed by atoms with Gasteiger partial charge in [0, 0.05) is 17.2 Å². The lowest BCUT2D eigenvalue weighted by Crippen LogP contribution is -2.35. The maximum Gasteiger partial charge on any atom is 0.328 e. The van der Waals surface area contributed by atoms with Gasteiger partial charge in [-0.2, -0.15) is 0 Å². The standard InChI is InChI=1S/C25H31NO4/c1-16(14-21(27)28)8-6-9-17-10-7-11-18-19(17)15-20-22(23(18)26(29)30)25(4,5)13-12-24(20,2)3/h6,8-9,14-15H,7,10-13H2,1-5H3,(H,27,28)/b8-6?,16-14-,17-9?. The summed E-state index contributed by atoms with van der Waals surface area (Å²) in [5.74, 6) is -0.972. The van der Waals surface area contributed by atoms with Gasteiger partial charge in [-0.15, -0.1) is 0 Å². The number of carboxylic acid groups (broad SMARTS) is 1. The average molecular weight is 410 g/mol. The number of allylic oxidation sites excluding steroid dienone is 5.